The van der Waals surface area contributed by atoms with Crippen LogP contribution >= 0.6 is 0 Å². The molecule has 1 rings (SSSR count). The van der Waals surface area contributed by atoms with Crippen molar-refractivity contribution in [3.63, 3.8) is 0 Å². The van der Waals surface area contributed by atoms with Crippen molar-refractivity contribution in [1.29, 1.82) is 0 Å². The van der Waals surface area contributed by atoms with Crippen LogP contribution in [0.15, 0.2) is 24.3 Å². The van der Waals surface area contributed by atoms with Crippen molar-refractivity contribution < 1.29 is 9.53 Å². The first-order chi connectivity index (χ1) is 9.63. The maximum absolute atomic E-state index is 11.6. The second-order valence-corrected chi connectivity index (χ2v) is 5.31. The van der Waals surface area contributed by atoms with E-state index in [9.17, 15) is 4.79 Å². The Morgan fingerprint density at radius 3 is 2.80 bits per heavy atom. The first kappa shape index (κ1) is 16.5. The van der Waals surface area contributed by atoms with Gasteiger partial charge in [-0.1, -0.05) is 32.0 Å². The average Bonchev–Trinajstić information content (AvgIpc) is 2.43. The molecule has 4 nitrogen and oxygen atoms in total. The van der Waals surface area contributed by atoms with Crippen molar-refractivity contribution in [3.8, 4) is 5.75 Å². The fourth-order valence-electron chi connectivity index (χ4n) is 1.74. The summed E-state index contributed by atoms with van der Waals surface area (Å²) < 4.78 is 5.79. The van der Waals surface area contributed by atoms with E-state index in [1.165, 1.54) is 0 Å². The van der Waals surface area contributed by atoms with Crippen LogP contribution in [0.5, 0.6) is 5.75 Å². The van der Waals surface area contributed by atoms with Gasteiger partial charge in [-0.05, 0) is 31.4 Å². The molecule has 0 saturated heterocycles. The summed E-state index contributed by atoms with van der Waals surface area (Å²) in [4.78, 5) is 11.6. The number of ether oxygens (including phenoxy) is 1. The summed E-state index contributed by atoms with van der Waals surface area (Å²) in [5.41, 5.74) is 6.40. The third kappa shape index (κ3) is 6.57. The molecule has 0 aromatic heterocycles. The van der Waals surface area contributed by atoms with Gasteiger partial charge in [0.1, 0.15) is 5.75 Å². The molecule has 0 unspecified atom stereocenters. The fraction of sp³-hybridized carbons (Fsp3) is 0.562. The van der Waals surface area contributed by atoms with Gasteiger partial charge >= 0.3 is 0 Å². The van der Waals surface area contributed by atoms with Crippen molar-refractivity contribution in [2.45, 2.75) is 39.7 Å². The number of carbonyl (C=O) groups excluding carboxylic acids is 1. The zero-order valence-electron chi connectivity index (χ0n) is 12.5. The Bertz CT molecular complexity index is 405. The lowest BCUT2D eigenvalue weighted by molar-refractivity contribution is -0.121. The standard InChI is InChI=1S/C16H26N2O2/c1-13(2)9-11-20-15-7-4-3-6-14(15)12-18-16(19)8-5-10-17/h3-4,6-7,13H,5,8-12,17H2,1-2H3,(H,18,19). The summed E-state index contributed by atoms with van der Waals surface area (Å²) in [6.07, 6.45) is 2.22. The van der Waals surface area contributed by atoms with E-state index >= 15 is 0 Å². The van der Waals surface area contributed by atoms with E-state index in [2.05, 4.69) is 19.2 Å². The Morgan fingerprint density at radius 2 is 2.10 bits per heavy atom. The van der Waals surface area contributed by atoms with Crippen LogP contribution in [0.2, 0.25) is 0 Å². The summed E-state index contributed by atoms with van der Waals surface area (Å²) in [7, 11) is 0. The first-order valence-electron chi connectivity index (χ1n) is 7.31. The summed E-state index contributed by atoms with van der Waals surface area (Å²) >= 11 is 0. The van der Waals surface area contributed by atoms with Gasteiger partial charge in [0.25, 0.3) is 0 Å². The van der Waals surface area contributed by atoms with Crippen LogP contribution in [0.4, 0.5) is 0 Å². The minimum atomic E-state index is 0.0347. The molecule has 1 amide bonds. The minimum absolute atomic E-state index is 0.0347. The number of amides is 1. The molecule has 0 aliphatic heterocycles. The molecule has 0 spiro atoms. The Balaban J connectivity index is 2.46. The normalized spacial score (nSPS) is 10.6. The van der Waals surface area contributed by atoms with Gasteiger partial charge in [-0.3, -0.25) is 4.79 Å². The molecule has 0 atom stereocenters. The lowest BCUT2D eigenvalue weighted by Crippen LogP contribution is -2.23. The molecular formula is C16H26N2O2. The van der Waals surface area contributed by atoms with Crippen molar-refractivity contribution in [3.05, 3.63) is 29.8 Å². The van der Waals surface area contributed by atoms with E-state index in [1.807, 2.05) is 24.3 Å². The van der Waals surface area contributed by atoms with Crippen LogP contribution in [0.25, 0.3) is 0 Å². The molecule has 0 heterocycles. The molecule has 0 fully saturated rings. The van der Waals surface area contributed by atoms with Crippen molar-refractivity contribution in [2.24, 2.45) is 11.7 Å². The lowest BCUT2D eigenvalue weighted by Gasteiger charge is -2.13. The molecule has 0 radical (unpaired) electrons. The SMILES string of the molecule is CC(C)CCOc1ccccc1CNC(=O)CCCN. The molecule has 0 saturated carbocycles. The molecule has 0 aliphatic rings. The Morgan fingerprint density at radius 1 is 1.35 bits per heavy atom. The highest BCUT2D eigenvalue weighted by Crippen LogP contribution is 2.18. The van der Waals surface area contributed by atoms with E-state index in [1.54, 1.807) is 0 Å². The highest BCUT2D eigenvalue weighted by Gasteiger charge is 2.06. The average molecular weight is 278 g/mol. The number of hydrogen-bond donors (Lipinski definition) is 2. The number of hydrogen-bond acceptors (Lipinski definition) is 3. The van der Waals surface area contributed by atoms with Gasteiger partial charge in [0.15, 0.2) is 0 Å². The van der Waals surface area contributed by atoms with Gasteiger partial charge in [0, 0.05) is 18.5 Å². The monoisotopic (exact) mass is 278 g/mol. The second kappa shape index (κ2) is 9.37. The quantitative estimate of drug-likeness (QED) is 0.729. The third-order valence-corrected chi connectivity index (χ3v) is 3.01. The lowest BCUT2D eigenvalue weighted by atomic mass is 10.1. The van der Waals surface area contributed by atoms with Crippen molar-refractivity contribution in [2.75, 3.05) is 13.2 Å². The molecular weight excluding hydrogens is 252 g/mol. The smallest absolute Gasteiger partial charge is 0.220 e. The topological polar surface area (TPSA) is 64.3 Å². The van der Waals surface area contributed by atoms with Gasteiger partial charge in [0.2, 0.25) is 5.91 Å². The van der Waals surface area contributed by atoms with E-state index < -0.39 is 0 Å². The van der Waals surface area contributed by atoms with E-state index in [0.717, 1.165) is 24.2 Å². The molecule has 0 bridgehead atoms. The molecule has 0 aliphatic carbocycles. The predicted octanol–water partition coefficient (Wildman–Crippen LogP) is 2.47. The Kier molecular flexibility index (Phi) is 7.73. The molecule has 4 heteroatoms. The van der Waals surface area contributed by atoms with Gasteiger partial charge in [-0.15, -0.1) is 0 Å². The second-order valence-electron chi connectivity index (χ2n) is 5.31. The van der Waals surface area contributed by atoms with Crippen LogP contribution in [-0.4, -0.2) is 19.1 Å². The van der Waals surface area contributed by atoms with E-state index in [4.69, 9.17) is 10.5 Å². The molecule has 1 aromatic rings. The number of benzene rings is 1. The number of para-hydroxylation sites is 1. The van der Waals surface area contributed by atoms with Crippen molar-refractivity contribution in [1.82, 2.24) is 5.32 Å². The minimum Gasteiger partial charge on any atom is -0.493 e. The van der Waals surface area contributed by atoms with Crippen LogP contribution < -0.4 is 15.8 Å². The maximum Gasteiger partial charge on any atom is 0.220 e. The predicted molar refractivity (Wildman–Crippen MR) is 81.5 cm³/mol. The maximum atomic E-state index is 11.6. The summed E-state index contributed by atoms with van der Waals surface area (Å²) in [5, 5.41) is 2.90. The van der Waals surface area contributed by atoms with Gasteiger partial charge in [-0.2, -0.15) is 0 Å². The number of nitrogens with two attached hydrogens (primary N) is 1. The first-order valence-corrected chi connectivity index (χ1v) is 7.31. The van der Waals surface area contributed by atoms with Crippen LogP contribution in [0.3, 0.4) is 0 Å². The van der Waals surface area contributed by atoms with Crippen LogP contribution in [0, 0.1) is 5.92 Å². The highest BCUT2D eigenvalue weighted by molar-refractivity contribution is 5.75. The van der Waals surface area contributed by atoms with E-state index in [0.29, 0.717) is 32.0 Å². The summed E-state index contributed by atoms with van der Waals surface area (Å²) in [6, 6.07) is 7.83. The van der Waals surface area contributed by atoms with Crippen LogP contribution in [0.1, 0.15) is 38.7 Å². The van der Waals surface area contributed by atoms with Crippen LogP contribution in [-0.2, 0) is 11.3 Å². The molecule has 1 aromatic carbocycles. The summed E-state index contributed by atoms with van der Waals surface area (Å²) in [6.45, 7) is 6.10. The van der Waals surface area contributed by atoms with Crippen molar-refractivity contribution >= 4 is 5.91 Å². The number of carbonyl (C=O) groups is 1. The molecule has 3 N–H and O–H groups in total. The van der Waals surface area contributed by atoms with E-state index in [-0.39, 0.29) is 5.91 Å². The fourth-order valence-corrected chi connectivity index (χ4v) is 1.74. The van der Waals surface area contributed by atoms with Gasteiger partial charge in [-0.25, -0.2) is 0 Å². The highest BCUT2D eigenvalue weighted by atomic mass is 16.5. The number of rotatable bonds is 9. The van der Waals surface area contributed by atoms with Gasteiger partial charge in [0.05, 0.1) is 6.61 Å². The molecule has 20 heavy (non-hydrogen) atoms. The summed E-state index contributed by atoms with van der Waals surface area (Å²) in [5.74, 6) is 1.51. The number of nitrogens with one attached hydrogen (secondary N) is 1. The zero-order chi connectivity index (χ0) is 14.8. The molecule has 112 valence electrons. The third-order valence-electron chi connectivity index (χ3n) is 3.01. The largest absolute Gasteiger partial charge is 0.493 e. The zero-order valence-corrected chi connectivity index (χ0v) is 12.5. The van der Waals surface area contributed by atoms with Gasteiger partial charge < -0.3 is 15.8 Å². The Labute approximate surface area is 121 Å². The Hall–Kier alpha value is -1.55.